The van der Waals surface area contributed by atoms with Crippen molar-refractivity contribution in [3.63, 3.8) is 0 Å². The van der Waals surface area contributed by atoms with E-state index in [9.17, 15) is 13.2 Å². The second kappa shape index (κ2) is 7.58. The minimum atomic E-state index is -4.04. The van der Waals surface area contributed by atoms with Crippen LogP contribution in [0.25, 0.3) is 0 Å². The first-order valence-electron chi connectivity index (χ1n) is 6.22. The summed E-state index contributed by atoms with van der Waals surface area (Å²) in [6, 6.07) is -1.24. The zero-order chi connectivity index (χ0) is 16.9. The van der Waals surface area contributed by atoms with Crippen LogP contribution < -0.4 is 29.6 Å². The third-order valence-corrected chi connectivity index (χ3v) is 4.60. The number of aromatic nitrogens is 3. The molecule has 1 atom stereocenters. The molecule has 1 aromatic heterocycles. The predicted octanol–water partition coefficient (Wildman–Crippen LogP) is -1.54. The van der Waals surface area contributed by atoms with Crippen LogP contribution in [0.2, 0.25) is 0 Å². The fraction of sp³-hybridized carbons (Fsp3) is 0.556. The molecule has 128 valence electrons. The molecule has 1 aromatic rings. The highest BCUT2D eigenvalue weighted by atomic mass is 32.2. The molecule has 0 aliphatic carbocycles. The minimum Gasteiger partial charge on any atom is -0.467 e. The van der Waals surface area contributed by atoms with Crippen LogP contribution in [0.15, 0.2) is 0 Å². The third-order valence-electron chi connectivity index (χ3n) is 2.39. The summed E-state index contributed by atoms with van der Waals surface area (Å²) < 4.78 is 37.3. The number of carbonyl (C=O) groups excluding carboxylic acids is 1. The molecule has 4 N–H and O–H groups in total. The Morgan fingerprint density at radius 2 is 1.91 bits per heavy atom. The van der Waals surface area contributed by atoms with Gasteiger partial charge in [-0.2, -0.15) is 23.1 Å². The molecule has 23 heavy (non-hydrogen) atoms. The van der Waals surface area contributed by atoms with Gasteiger partial charge in [0.1, 0.15) is 5.50 Å². The zero-order valence-electron chi connectivity index (χ0n) is 12.2. The number of rotatable bonds is 6. The lowest BCUT2D eigenvalue weighted by atomic mass is 10.8. The first-order valence-corrected chi connectivity index (χ1v) is 8.75. The van der Waals surface area contributed by atoms with E-state index in [-0.39, 0.29) is 18.0 Å². The minimum absolute atomic E-state index is 0.0975. The molecule has 1 fully saturated rings. The van der Waals surface area contributed by atoms with Gasteiger partial charge in [-0.1, -0.05) is 0 Å². The Kier molecular flexibility index (Phi) is 5.75. The van der Waals surface area contributed by atoms with Gasteiger partial charge >= 0.3 is 28.3 Å². The zero-order valence-corrected chi connectivity index (χ0v) is 13.8. The van der Waals surface area contributed by atoms with Crippen LogP contribution in [-0.2, 0) is 10.2 Å². The van der Waals surface area contributed by atoms with E-state index in [2.05, 4.69) is 30.3 Å². The molecule has 14 heteroatoms. The highest BCUT2D eigenvalue weighted by Gasteiger charge is 2.23. The van der Waals surface area contributed by atoms with Crippen molar-refractivity contribution in [1.29, 1.82) is 0 Å². The van der Waals surface area contributed by atoms with E-state index in [1.807, 2.05) is 0 Å². The van der Waals surface area contributed by atoms with Gasteiger partial charge in [0.2, 0.25) is 5.95 Å². The SMILES string of the molecule is COc1nc(NC(=O)NS(=O)(=O)NC2NCCS2)nc(OC)n1. The topological polar surface area (TPSA) is 156 Å². The van der Waals surface area contributed by atoms with Gasteiger partial charge in [0.05, 0.1) is 14.2 Å². The molecule has 12 nitrogen and oxygen atoms in total. The van der Waals surface area contributed by atoms with Crippen LogP contribution in [-0.4, -0.2) is 61.4 Å². The van der Waals surface area contributed by atoms with Crippen molar-refractivity contribution in [3.05, 3.63) is 0 Å². The van der Waals surface area contributed by atoms with Gasteiger partial charge in [-0.15, -0.1) is 16.7 Å². The summed E-state index contributed by atoms with van der Waals surface area (Å²) in [5, 5.41) is 5.05. The number of urea groups is 1. The number of nitrogens with one attached hydrogen (secondary N) is 4. The number of nitrogens with zero attached hydrogens (tertiary/aromatic N) is 3. The Bertz CT molecular complexity index is 642. The quantitative estimate of drug-likeness (QED) is 0.466. The highest BCUT2D eigenvalue weighted by Crippen LogP contribution is 2.12. The second-order valence-electron chi connectivity index (χ2n) is 4.01. The molecular weight excluding hydrogens is 350 g/mol. The van der Waals surface area contributed by atoms with Gasteiger partial charge in [-0.05, 0) is 0 Å². The van der Waals surface area contributed by atoms with Crippen LogP contribution in [0.1, 0.15) is 0 Å². The van der Waals surface area contributed by atoms with Gasteiger partial charge in [-0.3, -0.25) is 10.6 Å². The number of thioether (sulfide) groups is 1. The van der Waals surface area contributed by atoms with Crippen LogP contribution >= 0.6 is 11.8 Å². The van der Waals surface area contributed by atoms with E-state index in [1.165, 1.54) is 26.0 Å². The monoisotopic (exact) mass is 365 g/mol. The molecule has 2 amide bonds. The summed E-state index contributed by atoms with van der Waals surface area (Å²) in [5.74, 6) is 0.541. The molecule has 2 rings (SSSR count). The summed E-state index contributed by atoms with van der Waals surface area (Å²) in [5.41, 5.74) is -0.488. The first-order chi connectivity index (χ1) is 10.9. The number of carbonyl (C=O) groups is 1. The fourth-order valence-electron chi connectivity index (χ4n) is 1.50. The normalized spacial score (nSPS) is 17.6. The summed E-state index contributed by atoms with van der Waals surface area (Å²) in [6.07, 6.45) is 0. The molecule has 1 aliphatic rings. The summed E-state index contributed by atoms with van der Waals surface area (Å²) >= 11 is 1.37. The number of hydrogen-bond donors (Lipinski definition) is 4. The Morgan fingerprint density at radius 3 is 2.43 bits per heavy atom. The summed E-state index contributed by atoms with van der Waals surface area (Å²) in [6.45, 7) is 0.675. The summed E-state index contributed by atoms with van der Waals surface area (Å²) in [7, 11) is -1.41. The van der Waals surface area contributed by atoms with Gasteiger partial charge in [0.15, 0.2) is 0 Å². The number of hydrogen-bond acceptors (Lipinski definition) is 10. The van der Waals surface area contributed by atoms with Crippen molar-refractivity contribution in [3.8, 4) is 12.0 Å². The lowest BCUT2D eigenvalue weighted by Crippen LogP contribution is -2.48. The second-order valence-corrected chi connectivity index (χ2v) is 6.67. The molecule has 2 heterocycles. The Hall–Kier alpha value is -1.90. The Morgan fingerprint density at radius 1 is 1.26 bits per heavy atom. The van der Waals surface area contributed by atoms with Crippen LogP contribution in [0, 0.1) is 0 Å². The van der Waals surface area contributed by atoms with Crippen molar-refractivity contribution in [2.75, 3.05) is 31.8 Å². The molecule has 0 saturated carbocycles. The number of anilines is 1. The van der Waals surface area contributed by atoms with E-state index >= 15 is 0 Å². The first kappa shape index (κ1) is 17.5. The lowest BCUT2D eigenvalue weighted by molar-refractivity contribution is 0.256. The van der Waals surface area contributed by atoms with Crippen molar-refractivity contribution >= 4 is 34.0 Å². The third kappa shape index (κ3) is 5.34. The van der Waals surface area contributed by atoms with E-state index in [0.717, 1.165) is 5.75 Å². The lowest BCUT2D eigenvalue weighted by Gasteiger charge is -2.13. The molecule has 0 aromatic carbocycles. The maximum Gasteiger partial charge on any atom is 0.336 e. The predicted molar refractivity (Wildman–Crippen MR) is 81.4 cm³/mol. The number of amides is 2. The van der Waals surface area contributed by atoms with E-state index in [4.69, 9.17) is 9.47 Å². The maximum atomic E-state index is 11.8. The van der Waals surface area contributed by atoms with E-state index in [0.29, 0.717) is 6.54 Å². The average molecular weight is 365 g/mol. The van der Waals surface area contributed by atoms with Gasteiger partial charge in [0.25, 0.3) is 0 Å². The van der Waals surface area contributed by atoms with Crippen molar-refractivity contribution < 1.29 is 22.7 Å². The Balaban J connectivity index is 1.98. The van der Waals surface area contributed by atoms with Crippen molar-refractivity contribution in [2.24, 2.45) is 0 Å². The van der Waals surface area contributed by atoms with Crippen molar-refractivity contribution in [2.45, 2.75) is 5.50 Å². The largest absolute Gasteiger partial charge is 0.467 e. The molecule has 0 spiro atoms. The molecular formula is C9H15N7O5S2. The fourth-order valence-corrected chi connectivity index (χ4v) is 3.58. The van der Waals surface area contributed by atoms with E-state index < -0.39 is 21.7 Å². The standard InChI is InChI=1S/C9H15N7O5S2/c1-20-7-12-5(13-8(14-7)21-2)11-6(17)15-23(18,19)16-9-10-3-4-22-9/h9-10,16H,3-4H2,1-2H3,(H2,11,12,13,14,15,17). The molecule has 0 radical (unpaired) electrons. The smallest absolute Gasteiger partial charge is 0.336 e. The van der Waals surface area contributed by atoms with Gasteiger partial charge in [-0.25, -0.2) is 9.52 Å². The molecule has 1 unspecified atom stereocenters. The van der Waals surface area contributed by atoms with Gasteiger partial charge < -0.3 is 9.47 Å². The maximum absolute atomic E-state index is 11.8. The Labute approximate surface area is 136 Å². The number of ether oxygens (including phenoxy) is 2. The van der Waals surface area contributed by atoms with Crippen LogP contribution in [0.3, 0.4) is 0 Å². The number of methoxy groups -OCH3 is 2. The van der Waals surface area contributed by atoms with Gasteiger partial charge in [0, 0.05) is 12.3 Å². The van der Waals surface area contributed by atoms with E-state index in [1.54, 1.807) is 4.72 Å². The average Bonchev–Trinajstić information content (AvgIpc) is 2.97. The van der Waals surface area contributed by atoms with Crippen LogP contribution in [0.4, 0.5) is 10.7 Å². The highest BCUT2D eigenvalue weighted by molar-refractivity contribution is 8.00. The van der Waals surface area contributed by atoms with Crippen LogP contribution in [0.5, 0.6) is 12.0 Å². The molecule has 1 aliphatic heterocycles. The molecule has 1 saturated heterocycles. The summed E-state index contributed by atoms with van der Waals surface area (Å²) in [4.78, 5) is 23.0. The molecule has 0 bridgehead atoms. The van der Waals surface area contributed by atoms with Crippen molar-refractivity contribution in [1.82, 2.24) is 29.7 Å².